The molecule has 162 valence electrons. The first kappa shape index (κ1) is 20.8. The van der Waals surface area contributed by atoms with Crippen molar-refractivity contribution in [1.82, 2.24) is 9.88 Å². The molecule has 12 heteroatoms. The van der Waals surface area contributed by atoms with E-state index in [4.69, 9.17) is 0 Å². The van der Waals surface area contributed by atoms with Crippen molar-refractivity contribution in [3.63, 3.8) is 0 Å². The normalized spacial score (nSPS) is 14.7. The highest BCUT2D eigenvalue weighted by atomic mass is 32.1. The highest BCUT2D eigenvalue weighted by molar-refractivity contribution is 7.22. The van der Waals surface area contributed by atoms with Gasteiger partial charge in [-0.25, -0.2) is 9.78 Å². The minimum atomic E-state index is -4.43. The van der Waals surface area contributed by atoms with E-state index in [9.17, 15) is 28.1 Å². The molecule has 1 N–H and O–H groups in total. The Hall–Kier alpha value is -3.41. The van der Waals surface area contributed by atoms with E-state index in [-0.39, 0.29) is 17.4 Å². The van der Waals surface area contributed by atoms with Gasteiger partial charge >= 0.3 is 12.2 Å². The van der Waals surface area contributed by atoms with Gasteiger partial charge in [0.05, 0.1) is 20.7 Å². The minimum Gasteiger partial charge on any atom is -0.345 e. The fraction of sp³-hybridized carbons (Fsp3) is 0.263. The zero-order chi connectivity index (χ0) is 22.2. The molecule has 0 saturated carbocycles. The molecule has 1 aliphatic heterocycles. The van der Waals surface area contributed by atoms with Crippen LogP contribution >= 0.6 is 11.3 Å². The Morgan fingerprint density at radius 2 is 1.77 bits per heavy atom. The Bertz CT molecular complexity index is 1130. The zero-order valence-electron chi connectivity index (χ0n) is 15.9. The van der Waals surface area contributed by atoms with Crippen molar-refractivity contribution < 1.29 is 22.9 Å². The number of aromatic nitrogens is 1. The molecule has 1 aliphatic rings. The van der Waals surface area contributed by atoms with Crippen LogP contribution in [-0.2, 0) is 6.18 Å². The number of hydrogen-bond acceptors (Lipinski definition) is 6. The molecule has 8 nitrogen and oxygen atoms in total. The summed E-state index contributed by atoms with van der Waals surface area (Å²) >= 11 is 1.35. The zero-order valence-corrected chi connectivity index (χ0v) is 16.7. The van der Waals surface area contributed by atoms with Gasteiger partial charge < -0.3 is 15.1 Å². The number of carbonyl (C=O) groups is 1. The first-order valence-corrected chi connectivity index (χ1v) is 10.1. The molecule has 1 fully saturated rings. The minimum absolute atomic E-state index is 0.00690. The number of halogens is 3. The van der Waals surface area contributed by atoms with Gasteiger partial charge in [0.25, 0.3) is 5.69 Å². The van der Waals surface area contributed by atoms with Gasteiger partial charge in [-0.15, -0.1) is 0 Å². The van der Waals surface area contributed by atoms with Crippen LogP contribution < -0.4 is 10.2 Å². The fourth-order valence-electron chi connectivity index (χ4n) is 3.20. The van der Waals surface area contributed by atoms with Crippen LogP contribution in [0.1, 0.15) is 5.56 Å². The van der Waals surface area contributed by atoms with Gasteiger partial charge in [0, 0.05) is 44.0 Å². The van der Waals surface area contributed by atoms with E-state index in [1.54, 1.807) is 11.0 Å². The number of non-ortho nitro benzene ring substituents is 1. The van der Waals surface area contributed by atoms with E-state index in [2.05, 4.69) is 10.3 Å². The summed E-state index contributed by atoms with van der Waals surface area (Å²) in [4.78, 5) is 31.0. The predicted octanol–water partition coefficient (Wildman–Crippen LogP) is 4.58. The standard InChI is InChI=1S/C19H16F3N5O3S/c20-19(21,22)12-1-3-13(4-2-12)23-17(28)25-7-9-26(10-8-25)18-24-15-6-5-14(27(29)30)11-16(15)31-18/h1-6,11H,7-10H2,(H,23,28). The van der Waals surface area contributed by atoms with Gasteiger partial charge in [-0.2, -0.15) is 13.2 Å². The molecule has 4 rings (SSSR count). The lowest BCUT2D eigenvalue weighted by molar-refractivity contribution is -0.384. The van der Waals surface area contributed by atoms with Gasteiger partial charge in [0.15, 0.2) is 5.13 Å². The van der Waals surface area contributed by atoms with Crippen LogP contribution in [0.5, 0.6) is 0 Å². The molecule has 3 aromatic rings. The highest BCUT2D eigenvalue weighted by Gasteiger charge is 2.30. The van der Waals surface area contributed by atoms with Gasteiger partial charge in [-0.1, -0.05) is 11.3 Å². The van der Waals surface area contributed by atoms with Crippen LogP contribution in [0.15, 0.2) is 42.5 Å². The van der Waals surface area contributed by atoms with Crippen LogP contribution in [0.4, 0.5) is 34.5 Å². The number of nitrogens with zero attached hydrogens (tertiary/aromatic N) is 4. The summed E-state index contributed by atoms with van der Waals surface area (Å²) in [6.07, 6.45) is -4.43. The van der Waals surface area contributed by atoms with Crippen molar-refractivity contribution in [3.8, 4) is 0 Å². The number of urea groups is 1. The number of rotatable bonds is 3. The number of carbonyl (C=O) groups excluding carboxylic acids is 1. The highest BCUT2D eigenvalue weighted by Crippen LogP contribution is 2.32. The molecule has 0 unspecified atom stereocenters. The lowest BCUT2D eigenvalue weighted by Gasteiger charge is -2.34. The average Bonchev–Trinajstić information content (AvgIpc) is 3.17. The third-order valence-electron chi connectivity index (χ3n) is 4.87. The van der Waals surface area contributed by atoms with Gasteiger partial charge in [-0.05, 0) is 30.3 Å². The van der Waals surface area contributed by atoms with E-state index in [1.807, 2.05) is 4.90 Å². The number of thiazole rings is 1. The number of fused-ring (bicyclic) bond motifs is 1. The Kier molecular flexibility index (Phi) is 5.39. The van der Waals surface area contributed by atoms with Gasteiger partial charge in [-0.3, -0.25) is 10.1 Å². The average molecular weight is 451 g/mol. The number of nitro groups is 1. The smallest absolute Gasteiger partial charge is 0.345 e. The Balaban J connectivity index is 1.36. The third kappa shape index (κ3) is 4.53. The molecule has 1 aromatic heterocycles. The van der Waals surface area contributed by atoms with Crippen LogP contribution in [0.3, 0.4) is 0 Å². The Morgan fingerprint density at radius 1 is 1.10 bits per heavy atom. The molecule has 0 atom stereocenters. The number of anilines is 2. The molecule has 2 aromatic carbocycles. The first-order chi connectivity index (χ1) is 14.7. The molecule has 0 bridgehead atoms. The largest absolute Gasteiger partial charge is 0.416 e. The number of nitro benzene ring substituents is 1. The van der Waals surface area contributed by atoms with Gasteiger partial charge in [0.1, 0.15) is 0 Å². The second-order valence-electron chi connectivity index (χ2n) is 6.88. The van der Waals surface area contributed by atoms with Crippen LogP contribution in [-0.4, -0.2) is 47.0 Å². The summed E-state index contributed by atoms with van der Waals surface area (Å²) in [6, 6.07) is 8.41. The second-order valence-corrected chi connectivity index (χ2v) is 7.89. The summed E-state index contributed by atoms with van der Waals surface area (Å²) in [5, 5.41) is 14.3. The topological polar surface area (TPSA) is 91.6 Å². The molecule has 0 radical (unpaired) electrons. The molecule has 0 aliphatic carbocycles. The third-order valence-corrected chi connectivity index (χ3v) is 5.95. The number of amides is 2. The van der Waals surface area contributed by atoms with Crippen molar-refractivity contribution in [2.45, 2.75) is 6.18 Å². The van der Waals surface area contributed by atoms with Crippen molar-refractivity contribution >= 4 is 44.1 Å². The van der Waals surface area contributed by atoms with Gasteiger partial charge in [0.2, 0.25) is 0 Å². The summed E-state index contributed by atoms with van der Waals surface area (Å²) in [6.45, 7) is 1.84. The number of nitrogens with one attached hydrogen (secondary N) is 1. The first-order valence-electron chi connectivity index (χ1n) is 9.24. The molecule has 0 spiro atoms. The SMILES string of the molecule is O=C(Nc1ccc(C(F)(F)F)cc1)N1CCN(c2nc3ccc([N+](=O)[O-])cc3s2)CC1. The number of piperazine rings is 1. The fourth-order valence-corrected chi connectivity index (χ4v) is 4.25. The van der Waals surface area contributed by atoms with Crippen molar-refractivity contribution in [2.24, 2.45) is 0 Å². The van der Waals surface area contributed by atoms with Crippen molar-refractivity contribution in [3.05, 3.63) is 58.1 Å². The molecule has 1 saturated heterocycles. The van der Waals surface area contributed by atoms with Crippen LogP contribution in [0.25, 0.3) is 10.2 Å². The monoisotopic (exact) mass is 451 g/mol. The molecule has 31 heavy (non-hydrogen) atoms. The summed E-state index contributed by atoms with van der Waals surface area (Å²) < 4.78 is 38.6. The summed E-state index contributed by atoms with van der Waals surface area (Å²) in [5.41, 5.74) is 0.189. The van der Waals surface area contributed by atoms with Crippen molar-refractivity contribution in [2.75, 3.05) is 36.4 Å². The lowest BCUT2D eigenvalue weighted by Crippen LogP contribution is -2.50. The number of alkyl halides is 3. The van der Waals surface area contributed by atoms with Crippen LogP contribution in [0, 0.1) is 10.1 Å². The number of benzene rings is 2. The quantitative estimate of drug-likeness (QED) is 0.465. The van der Waals surface area contributed by atoms with Crippen LogP contribution in [0.2, 0.25) is 0 Å². The Labute approximate surface area is 178 Å². The Morgan fingerprint density at radius 3 is 2.39 bits per heavy atom. The summed E-state index contributed by atoms with van der Waals surface area (Å²) in [5.74, 6) is 0. The lowest BCUT2D eigenvalue weighted by atomic mass is 10.2. The number of hydrogen-bond donors (Lipinski definition) is 1. The second kappa shape index (κ2) is 8.02. The molecule has 2 heterocycles. The van der Waals surface area contributed by atoms with E-state index in [0.717, 1.165) is 17.3 Å². The predicted molar refractivity (Wildman–Crippen MR) is 111 cm³/mol. The molecule has 2 amide bonds. The van der Waals surface area contributed by atoms with E-state index in [0.29, 0.717) is 36.4 Å². The van der Waals surface area contributed by atoms with E-state index in [1.165, 1.54) is 35.6 Å². The summed E-state index contributed by atoms with van der Waals surface area (Å²) in [7, 11) is 0. The molecular weight excluding hydrogens is 435 g/mol. The van der Waals surface area contributed by atoms with Crippen molar-refractivity contribution in [1.29, 1.82) is 0 Å². The van der Waals surface area contributed by atoms with E-state index >= 15 is 0 Å². The maximum Gasteiger partial charge on any atom is 0.416 e. The maximum atomic E-state index is 12.6. The molecular formula is C19H16F3N5O3S. The maximum absolute atomic E-state index is 12.6. The van der Waals surface area contributed by atoms with E-state index < -0.39 is 16.7 Å².